The largest absolute Gasteiger partial charge is 0.375 e. The standard InChI is InChI=1S/C19H22BrClN4O/c1-3-25(4-2)16-8-5-14(6-9-16)12-23-24-19(26)13-22-18-10-7-15(21)11-17(18)20/h5-12,22H,3-4,13H2,1-2H3,(H,24,26)/b23-12-. The van der Waals surface area contributed by atoms with Gasteiger partial charge in [0, 0.05) is 34.0 Å². The lowest BCUT2D eigenvalue weighted by Crippen LogP contribution is -2.26. The van der Waals surface area contributed by atoms with E-state index in [4.69, 9.17) is 11.6 Å². The zero-order valence-electron chi connectivity index (χ0n) is 14.8. The second kappa shape index (κ2) is 10.2. The van der Waals surface area contributed by atoms with Crippen LogP contribution in [0.1, 0.15) is 19.4 Å². The second-order valence-corrected chi connectivity index (χ2v) is 6.83. The first-order valence-electron chi connectivity index (χ1n) is 8.39. The zero-order valence-corrected chi connectivity index (χ0v) is 17.1. The summed E-state index contributed by atoms with van der Waals surface area (Å²) in [7, 11) is 0. The number of anilines is 2. The third kappa shape index (κ3) is 6.04. The average Bonchev–Trinajstić information content (AvgIpc) is 2.63. The van der Waals surface area contributed by atoms with Crippen molar-refractivity contribution >= 4 is 51.0 Å². The van der Waals surface area contributed by atoms with Crippen molar-refractivity contribution in [3.63, 3.8) is 0 Å². The molecule has 2 N–H and O–H groups in total. The molecular weight excluding hydrogens is 416 g/mol. The Morgan fingerprint density at radius 3 is 2.50 bits per heavy atom. The highest BCUT2D eigenvalue weighted by Crippen LogP contribution is 2.25. The first-order chi connectivity index (χ1) is 12.5. The highest BCUT2D eigenvalue weighted by atomic mass is 79.9. The Bertz CT molecular complexity index is 761. The Morgan fingerprint density at radius 1 is 1.19 bits per heavy atom. The zero-order chi connectivity index (χ0) is 18.9. The van der Waals surface area contributed by atoms with Gasteiger partial charge < -0.3 is 10.2 Å². The number of carbonyl (C=O) groups is 1. The van der Waals surface area contributed by atoms with Crippen molar-refractivity contribution in [2.75, 3.05) is 29.9 Å². The van der Waals surface area contributed by atoms with Crippen LogP contribution in [0.5, 0.6) is 0 Å². The Morgan fingerprint density at radius 2 is 1.88 bits per heavy atom. The number of halogens is 2. The predicted octanol–water partition coefficient (Wildman–Crippen LogP) is 4.51. The summed E-state index contributed by atoms with van der Waals surface area (Å²) in [5.41, 5.74) is 5.40. The lowest BCUT2D eigenvalue weighted by atomic mass is 10.2. The molecular formula is C19H22BrClN4O. The molecule has 2 rings (SSSR count). The van der Waals surface area contributed by atoms with Gasteiger partial charge in [-0.1, -0.05) is 23.7 Å². The van der Waals surface area contributed by atoms with Crippen molar-refractivity contribution in [2.45, 2.75) is 13.8 Å². The molecule has 0 aliphatic rings. The van der Waals surface area contributed by atoms with Gasteiger partial charge in [-0.05, 0) is 65.7 Å². The Balaban J connectivity index is 1.83. The molecule has 0 saturated carbocycles. The number of carbonyl (C=O) groups excluding carboxylic acids is 1. The monoisotopic (exact) mass is 436 g/mol. The number of hydrogen-bond donors (Lipinski definition) is 2. The van der Waals surface area contributed by atoms with Gasteiger partial charge in [-0.3, -0.25) is 4.79 Å². The molecule has 26 heavy (non-hydrogen) atoms. The van der Waals surface area contributed by atoms with Crippen LogP contribution in [0.4, 0.5) is 11.4 Å². The molecule has 0 spiro atoms. The van der Waals surface area contributed by atoms with Crippen molar-refractivity contribution in [1.29, 1.82) is 0 Å². The maximum absolute atomic E-state index is 11.9. The molecule has 0 atom stereocenters. The fourth-order valence-corrected chi connectivity index (χ4v) is 3.21. The highest BCUT2D eigenvalue weighted by Gasteiger charge is 2.04. The van der Waals surface area contributed by atoms with Gasteiger partial charge in [0.05, 0.1) is 12.8 Å². The number of nitrogens with one attached hydrogen (secondary N) is 2. The topological polar surface area (TPSA) is 56.7 Å². The van der Waals surface area contributed by atoms with E-state index in [1.807, 2.05) is 12.1 Å². The van der Waals surface area contributed by atoms with Gasteiger partial charge in [-0.15, -0.1) is 0 Å². The van der Waals surface area contributed by atoms with Gasteiger partial charge in [0.1, 0.15) is 0 Å². The molecule has 1 amide bonds. The van der Waals surface area contributed by atoms with Crippen molar-refractivity contribution in [1.82, 2.24) is 5.43 Å². The molecule has 0 saturated heterocycles. The van der Waals surface area contributed by atoms with E-state index in [9.17, 15) is 4.79 Å². The molecule has 7 heteroatoms. The number of nitrogens with zero attached hydrogens (tertiary/aromatic N) is 2. The van der Waals surface area contributed by atoms with Gasteiger partial charge >= 0.3 is 0 Å². The molecule has 138 valence electrons. The van der Waals surface area contributed by atoms with E-state index in [1.165, 1.54) is 5.69 Å². The summed E-state index contributed by atoms with van der Waals surface area (Å²) in [6.07, 6.45) is 1.63. The van der Waals surface area contributed by atoms with E-state index in [2.05, 4.69) is 62.7 Å². The first kappa shape index (κ1) is 20.3. The van der Waals surface area contributed by atoms with Crippen LogP contribution < -0.4 is 15.6 Å². The molecule has 5 nitrogen and oxygen atoms in total. The summed E-state index contributed by atoms with van der Waals surface area (Å²) in [6.45, 7) is 6.31. The van der Waals surface area contributed by atoms with E-state index >= 15 is 0 Å². The Hall–Kier alpha value is -2.05. The van der Waals surface area contributed by atoms with Gasteiger partial charge in [0.2, 0.25) is 0 Å². The van der Waals surface area contributed by atoms with Crippen LogP contribution in [0.25, 0.3) is 0 Å². The highest BCUT2D eigenvalue weighted by molar-refractivity contribution is 9.10. The molecule has 0 heterocycles. The van der Waals surface area contributed by atoms with E-state index < -0.39 is 0 Å². The van der Waals surface area contributed by atoms with Crippen LogP contribution in [0, 0.1) is 0 Å². The third-order valence-electron chi connectivity index (χ3n) is 3.80. The van der Waals surface area contributed by atoms with Crippen LogP contribution >= 0.6 is 27.5 Å². The van der Waals surface area contributed by atoms with Gasteiger partial charge in [-0.2, -0.15) is 5.10 Å². The van der Waals surface area contributed by atoms with Crippen LogP contribution in [0.3, 0.4) is 0 Å². The van der Waals surface area contributed by atoms with Crippen LogP contribution in [0.2, 0.25) is 5.02 Å². The molecule has 2 aromatic rings. The van der Waals surface area contributed by atoms with Crippen molar-refractivity contribution < 1.29 is 4.79 Å². The number of benzene rings is 2. The summed E-state index contributed by atoms with van der Waals surface area (Å²) in [5, 5.41) is 7.65. The lowest BCUT2D eigenvalue weighted by Gasteiger charge is -2.20. The van der Waals surface area contributed by atoms with E-state index in [1.54, 1.807) is 24.4 Å². The molecule has 0 unspecified atom stereocenters. The van der Waals surface area contributed by atoms with Crippen molar-refractivity contribution in [3.05, 3.63) is 57.5 Å². The van der Waals surface area contributed by atoms with Gasteiger partial charge in [0.15, 0.2) is 0 Å². The van der Waals surface area contributed by atoms with E-state index in [0.29, 0.717) is 5.02 Å². The Labute approximate surface area is 167 Å². The first-order valence-corrected chi connectivity index (χ1v) is 9.56. The normalized spacial score (nSPS) is 10.8. The summed E-state index contributed by atoms with van der Waals surface area (Å²) >= 11 is 9.29. The van der Waals surface area contributed by atoms with Crippen LogP contribution in [-0.2, 0) is 4.79 Å². The van der Waals surface area contributed by atoms with Crippen LogP contribution in [0.15, 0.2) is 52.0 Å². The second-order valence-electron chi connectivity index (χ2n) is 5.53. The third-order valence-corrected chi connectivity index (χ3v) is 4.69. The van der Waals surface area contributed by atoms with Gasteiger partial charge in [0.25, 0.3) is 5.91 Å². The van der Waals surface area contributed by atoms with Crippen LogP contribution in [-0.4, -0.2) is 31.8 Å². The summed E-state index contributed by atoms with van der Waals surface area (Å²) in [4.78, 5) is 14.1. The molecule has 2 aromatic carbocycles. The number of hydrazone groups is 1. The molecule has 0 aromatic heterocycles. The SMILES string of the molecule is CCN(CC)c1ccc(/C=N\NC(=O)CNc2ccc(Cl)cc2Br)cc1. The predicted molar refractivity (Wildman–Crippen MR) is 113 cm³/mol. The Kier molecular flexibility index (Phi) is 7.94. The van der Waals surface area contributed by atoms with Crippen molar-refractivity contribution in [3.8, 4) is 0 Å². The number of amides is 1. The maximum Gasteiger partial charge on any atom is 0.259 e. The summed E-state index contributed by atoms with van der Waals surface area (Å²) in [6, 6.07) is 13.4. The molecule has 0 aliphatic carbocycles. The molecule has 0 radical (unpaired) electrons. The van der Waals surface area contributed by atoms with Gasteiger partial charge in [-0.25, -0.2) is 5.43 Å². The molecule has 0 bridgehead atoms. The minimum Gasteiger partial charge on any atom is -0.375 e. The minimum atomic E-state index is -0.233. The average molecular weight is 438 g/mol. The fraction of sp³-hybridized carbons (Fsp3) is 0.263. The van der Waals surface area contributed by atoms with E-state index in [0.717, 1.165) is 28.8 Å². The van der Waals surface area contributed by atoms with E-state index in [-0.39, 0.29) is 12.5 Å². The summed E-state index contributed by atoms with van der Waals surface area (Å²) < 4.78 is 0.801. The number of rotatable bonds is 8. The quantitative estimate of drug-likeness (QED) is 0.472. The lowest BCUT2D eigenvalue weighted by molar-refractivity contribution is -0.119. The number of hydrogen-bond acceptors (Lipinski definition) is 4. The summed E-state index contributed by atoms with van der Waals surface area (Å²) in [5.74, 6) is -0.233. The smallest absolute Gasteiger partial charge is 0.259 e. The molecule has 0 aliphatic heterocycles. The molecule has 0 fully saturated rings. The minimum absolute atomic E-state index is 0.110. The fourth-order valence-electron chi connectivity index (χ4n) is 2.39. The van der Waals surface area contributed by atoms with Crippen molar-refractivity contribution in [2.24, 2.45) is 5.10 Å². The maximum atomic E-state index is 11.9.